The average Bonchev–Trinajstić information content (AvgIpc) is 2.68. The molecule has 16 heavy (non-hydrogen) atoms. The number of anilines is 2. The number of hydrogen-bond donors (Lipinski definition) is 2. The third-order valence-electron chi connectivity index (χ3n) is 2.43. The maximum Gasteiger partial charge on any atom is 0.154 e. The van der Waals surface area contributed by atoms with E-state index in [1.165, 1.54) is 0 Å². The van der Waals surface area contributed by atoms with Gasteiger partial charge in [-0.1, -0.05) is 0 Å². The van der Waals surface area contributed by atoms with Gasteiger partial charge in [0.25, 0.3) is 0 Å². The van der Waals surface area contributed by atoms with Crippen molar-refractivity contribution in [2.45, 2.75) is 13.0 Å². The molecule has 0 aliphatic rings. The molecule has 1 aromatic heterocycles. The summed E-state index contributed by atoms with van der Waals surface area (Å²) in [7, 11) is 1.93. The van der Waals surface area contributed by atoms with Crippen molar-refractivity contribution in [3.63, 3.8) is 0 Å². The summed E-state index contributed by atoms with van der Waals surface area (Å²) in [6, 6.07) is 7.73. The first-order valence-electron chi connectivity index (χ1n) is 5.13. The molecule has 2 rings (SSSR count). The molecular weight excluding hydrogens is 202 g/mol. The summed E-state index contributed by atoms with van der Waals surface area (Å²) in [6.07, 6.45) is 1.69. The van der Waals surface area contributed by atoms with E-state index in [9.17, 15) is 0 Å². The Balaban J connectivity index is 2.10. The Hall–Kier alpha value is -2.04. The highest BCUT2D eigenvalue weighted by Crippen LogP contribution is 2.17. The van der Waals surface area contributed by atoms with Crippen molar-refractivity contribution in [2.24, 2.45) is 7.05 Å². The Morgan fingerprint density at radius 3 is 2.56 bits per heavy atom. The summed E-state index contributed by atoms with van der Waals surface area (Å²) in [5, 5.41) is 11.2. The number of nitrogens with two attached hydrogens (primary N) is 1. The van der Waals surface area contributed by atoms with Crippen molar-refractivity contribution in [2.75, 3.05) is 11.1 Å². The van der Waals surface area contributed by atoms with Crippen molar-refractivity contribution in [1.29, 1.82) is 0 Å². The van der Waals surface area contributed by atoms with Crippen LogP contribution >= 0.6 is 0 Å². The van der Waals surface area contributed by atoms with E-state index in [1.807, 2.05) is 42.8 Å². The Labute approximate surface area is 94.3 Å². The lowest BCUT2D eigenvalue weighted by atomic mass is 10.2. The number of aromatic nitrogens is 3. The van der Waals surface area contributed by atoms with Gasteiger partial charge in [-0.2, -0.15) is 0 Å². The first-order valence-corrected chi connectivity index (χ1v) is 5.13. The quantitative estimate of drug-likeness (QED) is 0.766. The predicted octanol–water partition coefficient (Wildman–Crippen LogP) is 1.57. The Kier molecular flexibility index (Phi) is 2.76. The molecule has 0 radical (unpaired) electrons. The van der Waals surface area contributed by atoms with Crippen LogP contribution in [-0.2, 0) is 7.05 Å². The van der Waals surface area contributed by atoms with Crippen molar-refractivity contribution in [1.82, 2.24) is 14.8 Å². The fourth-order valence-corrected chi connectivity index (χ4v) is 1.58. The van der Waals surface area contributed by atoms with Crippen molar-refractivity contribution in [3.8, 4) is 0 Å². The molecule has 0 aliphatic heterocycles. The number of nitrogens with zero attached hydrogens (tertiary/aromatic N) is 3. The van der Waals surface area contributed by atoms with Gasteiger partial charge in [-0.15, -0.1) is 10.2 Å². The number of rotatable bonds is 3. The minimum atomic E-state index is 0.108. The van der Waals surface area contributed by atoms with E-state index in [-0.39, 0.29) is 6.04 Å². The van der Waals surface area contributed by atoms with Gasteiger partial charge in [-0.3, -0.25) is 0 Å². The molecule has 84 valence electrons. The maximum absolute atomic E-state index is 5.62. The molecule has 1 unspecified atom stereocenters. The number of hydrogen-bond acceptors (Lipinski definition) is 4. The van der Waals surface area contributed by atoms with Crippen LogP contribution in [0, 0.1) is 0 Å². The van der Waals surface area contributed by atoms with E-state index in [1.54, 1.807) is 6.33 Å². The molecule has 5 nitrogen and oxygen atoms in total. The molecule has 1 aromatic carbocycles. The van der Waals surface area contributed by atoms with E-state index in [2.05, 4.69) is 15.5 Å². The molecule has 0 saturated heterocycles. The first-order chi connectivity index (χ1) is 7.66. The topological polar surface area (TPSA) is 68.8 Å². The van der Waals surface area contributed by atoms with Gasteiger partial charge in [-0.05, 0) is 31.2 Å². The molecule has 1 atom stereocenters. The molecule has 0 fully saturated rings. The summed E-state index contributed by atoms with van der Waals surface area (Å²) in [5.41, 5.74) is 7.40. The second-order valence-corrected chi connectivity index (χ2v) is 3.79. The van der Waals surface area contributed by atoms with E-state index in [0.717, 1.165) is 17.2 Å². The zero-order chi connectivity index (χ0) is 11.5. The summed E-state index contributed by atoms with van der Waals surface area (Å²) in [5.74, 6) is 0.900. The highest BCUT2D eigenvalue weighted by molar-refractivity contribution is 5.51. The monoisotopic (exact) mass is 217 g/mol. The van der Waals surface area contributed by atoms with E-state index in [0.29, 0.717) is 0 Å². The summed E-state index contributed by atoms with van der Waals surface area (Å²) in [4.78, 5) is 0. The maximum atomic E-state index is 5.62. The van der Waals surface area contributed by atoms with Crippen molar-refractivity contribution in [3.05, 3.63) is 36.4 Å². The largest absolute Gasteiger partial charge is 0.399 e. The lowest BCUT2D eigenvalue weighted by Gasteiger charge is -2.14. The molecular formula is C11H15N5. The van der Waals surface area contributed by atoms with Crippen LogP contribution in [0.15, 0.2) is 30.6 Å². The van der Waals surface area contributed by atoms with Gasteiger partial charge in [0.2, 0.25) is 0 Å². The normalized spacial score (nSPS) is 12.4. The van der Waals surface area contributed by atoms with Crippen LogP contribution in [0.4, 0.5) is 11.4 Å². The lowest BCUT2D eigenvalue weighted by molar-refractivity contribution is 0.719. The van der Waals surface area contributed by atoms with Gasteiger partial charge in [0, 0.05) is 18.4 Å². The number of nitrogens with one attached hydrogen (secondary N) is 1. The molecule has 0 saturated carbocycles. The number of benzene rings is 1. The predicted molar refractivity (Wildman–Crippen MR) is 63.9 cm³/mol. The van der Waals surface area contributed by atoms with Gasteiger partial charge >= 0.3 is 0 Å². The van der Waals surface area contributed by atoms with Crippen LogP contribution in [0.3, 0.4) is 0 Å². The minimum absolute atomic E-state index is 0.108. The third kappa shape index (κ3) is 2.13. The van der Waals surface area contributed by atoms with Gasteiger partial charge in [0.15, 0.2) is 5.82 Å². The van der Waals surface area contributed by atoms with Crippen LogP contribution in [0.25, 0.3) is 0 Å². The second kappa shape index (κ2) is 4.22. The standard InChI is InChI=1S/C11H15N5/c1-8(11-15-13-7-16(11)2)14-10-5-3-9(12)4-6-10/h3-8,14H,12H2,1-2H3. The zero-order valence-corrected chi connectivity index (χ0v) is 9.38. The molecule has 2 aromatic rings. The van der Waals surface area contributed by atoms with Gasteiger partial charge < -0.3 is 15.6 Å². The Morgan fingerprint density at radius 1 is 1.31 bits per heavy atom. The fraction of sp³-hybridized carbons (Fsp3) is 0.273. The highest BCUT2D eigenvalue weighted by atomic mass is 15.3. The smallest absolute Gasteiger partial charge is 0.154 e. The third-order valence-corrected chi connectivity index (χ3v) is 2.43. The van der Waals surface area contributed by atoms with Gasteiger partial charge in [0.05, 0.1) is 6.04 Å². The molecule has 1 heterocycles. The van der Waals surface area contributed by atoms with Crippen molar-refractivity contribution < 1.29 is 0 Å². The van der Waals surface area contributed by atoms with Crippen LogP contribution < -0.4 is 11.1 Å². The second-order valence-electron chi connectivity index (χ2n) is 3.79. The van der Waals surface area contributed by atoms with Crippen LogP contribution in [0.1, 0.15) is 18.8 Å². The molecule has 0 aliphatic carbocycles. The number of nitrogen functional groups attached to an aromatic ring is 1. The summed E-state index contributed by atoms with van der Waals surface area (Å²) >= 11 is 0. The minimum Gasteiger partial charge on any atom is -0.399 e. The highest BCUT2D eigenvalue weighted by Gasteiger charge is 2.10. The van der Waals surface area contributed by atoms with E-state index in [4.69, 9.17) is 5.73 Å². The Morgan fingerprint density at radius 2 is 2.00 bits per heavy atom. The summed E-state index contributed by atoms with van der Waals surface area (Å²) in [6.45, 7) is 2.04. The molecule has 5 heteroatoms. The Bertz CT molecular complexity index is 459. The average molecular weight is 217 g/mol. The molecule has 0 spiro atoms. The fourth-order valence-electron chi connectivity index (χ4n) is 1.58. The van der Waals surface area contributed by atoms with Crippen LogP contribution in [0.5, 0.6) is 0 Å². The zero-order valence-electron chi connectivity index (χ0n) is 9.38. The first kappa shape index (κ1) is 10.5. The molecule has 0 amide bonds. The van der Waals surface area contributed by atoms with Gasteiger partial charge in [0.1, 0.15) is 6.33 Å². The molecule has 3 N–H and O–H groups in total. The molecule has 0 bridgehead atoms. The summed E-state index contributed by atoms with van der Waals surface area (Å²) < 4.78 is 1.90. The lowest BCUT2D eigenvalue weighted by Crippen LogP contribution is -2.11. The van der Waals surface area contributed by atoms with Crippen LogP contribution in [-0.4, -0.2) is 14.8 Å². The number of aryl methyl sites for hydroxylation is 1. The van der Waals surface area contributed by atoms with Crippen molar-refractivity contribution >= 4 is 11.4 Å². The van der Waals surface area contributed by atoms with E-state index >= 15 is 0 Å². The van der Waals surface area contributed by atoms with E-state index < -0.39 is 0 Å². The SMILES string of the molecule is CC(Nc1ccc(N)cc1)c1nncn1C. The van der Waals surface area contributed by atoms with Crippen LogP contribution in [0.2, 0.25) is 0 Å². The van der Waals surface area contributed by atoms with Gasteiger partial charge in [-0.25, -0.2) is 0 Å².